The maximum absolute atomic E-state index is 14.8. The second kappa shape index (κ2) is 11.3. The van der Waals surface area contributed by atoms with Gasteiger partial charge in [-0.1, -0.05) is 30.7 Å². The van der Waals surface area contributed by atoms with E-state index in [0.29, 0.717) is 22.7 Å². The van der Waals surface area contributed by atoms with Crippen molar-refractivity contribution in [3.8, 4) is 23.0 Å². The summed E-state index contributed by atoms with van der Waals surface area (Å²) in [7, 11) is 5.29. The number of rotatable bonds is 7. The minimum Gasteiger partial charge on any atom is -0.496 e. The Kier molecular flexibility index (Phi) is 7.87. The van der Waals surface area contributed by atoms with Gasteiger partial charge in [0.25, 0.3) is 0 Å². The number of dihydropyridines is 1. The molecule has 2 aromatic carbocycles. The zero-order chi connectivity index (χ0) is 31.2. The van der Waals surface area contributed by atoms with Gasteiger partial charge in [0.1, 0.15) is 27.8 Å². The smallest absolute Gasteiger partial charge is 0.343 e. The van der Waals surface area contributed by atoms with Gasteiger partial charge in [0, 0.05) is 34.9 Å². The van der Waals surface area contributed by atoms with E-state index in [1.54, 1.807) is 38.1 Å². The number of ketones is 2. The molecule has 0 fully saturated rings. The first-order chi connectivity index (χ1) is 20.5. The summed E-state index contributed by atoms with van der Waals surface area (Å²) in [5.41, 5.74) is -0.0889. The summed E-state index contributed by atoms with van der Waals surface area (Å²) in [5, 5.41) is 3.24. The van der Waals surface area contributed by atoms with Gasteiger partial charge in [0.2, 0.25) is 17.2 Å². The number of hydrogen-bond donors (Lipinski definition) is 1. The standard InChI is InChI=1S/C31H30ClNO10/c1-14-10-18-24(28(35)31(14)29(36)25-19(38-3)12-20(39-4)26(32)27(25)43-31)23(22(15(2)33-18)30(37)41-6)16-8-7-9-17(11-16)42-13-21(34)40-5/h7-9,11-12,14,23,33H,10,13H2,1-6H3/t14-,23?,31+/m1/s1. The molecule has 2 aliphatic heterocycles. The number of ether oxygens (including phenoxy) is 6. The van der Waals surface area contributed by atoms with E-state index in [-0.39, 0.29) is 52.0 Å². The van der Waals surface area contributed by atoms with Crippen molar-refractivity contribution in [3.63, 3.8) is 0 Å². The van der Waals surface area contributed by atoms with Crippen molar-refractivity contribution in [1.29, 1.82) is 0 Å². The topological polar surface area (TPSA) is 136 Å². The lowest BCUT2D eigenvalue weighted by molar-refractivity contribution is -0.143. The Morgan fingerprint density at radius 3 is 2.42 bits per heavy atom. The highest BCUT2D eigenvalue weighted by molar-refractivity contribution is 6.36. The maximum atomic E-state index is 14.8. The van der Waals surface area contributed by atoms with Crippen molar-refractivity contribution in [1.82, 2.24) is 5.32 Å². The summed E-state index contributed by atoms with van der Waals surface area (Å²) < 4.78 is 32.5. The average Bonchev–Trinajstić information content (AvgIpc) is 3.32. The molecule has 0 bridgehead atoms. The van der Waals surface area contributed by atoms with Crippen LogP contribution in [-0.4, -0.2) is 64.2 Å². The summed E-state index contributed by atoms with van der Waals surface area (Å²) in [4.78, 5) is 54.0. The monoisotopic (exact) mass is 611 g/mol. The fourth-order valence-electron chi connectivity index (χ4n) is 5.97. The molecule has 0 radical (unpaired) electrons. The predicted molar refractivity (Wildman–Crippen MR) is 153 cm³/mol. The van der Waals surface area contributed by atoms with Crippen molar-refractivity contribution in [2.75, 3.05) is 35.0 Å². The number of benzene rings is 2. The lowest BCUT2D eigenvalue weighted by atomic mass is 9.65. The van der Waals surface area contributed by atoms with Gasteiger partial charge in [-0.3, -0.25) is 9.59 Å². The van der Waals surface area contributed by atoms with Crippen LogP contribution in [0, 0.1) is 5.92 Å². The first kappa shape index (κ1) is 30.0. The van der Waals surface area contributed by atoms with E-state index in [1.807, 2.05) is 0 Å². The lowest BCUT2D eigenvalue weighted by Crippen LogP contribution is -2.58. The number of carbonyl (C=O) groups excluding carboxylic acids is 4. The quantitative estimate of drug-likeness (QED) is 0.360. The van der Waals surface area contributed by atoms with Crippen LogP contribution in [0.1, 0.15) is 42.1 Å². The van der Waals surface area contributed by atoms with Crippen LogP contribution in [0.4, 0.5) is 0 Å². The lowest BCUT2D eigenvalue weighted by Gasteiger charge is -2.42. The minimum atomic E-state index is -1.99. The van der Waals surface area contributed by atoms with E-state index in [0.717, 1.165) is 0 Å². The summed E-state index contributed by atoms with van der Waals surface area (Å²) in [6.45, 7) is 3.12. The number of fused-ring (bicyclic) bond motifs is 1. The highest BCUT2D eigenvalue weighted by atomic mass is 35.5. The van der Waals surface area contributed by atoms with Gasteiger partial charge < -0.3 is 33.7 Å². The Morgan fingerprint density at radius 1 is 1.05 bits per heavy atom. The minimum absolute atomic E-state index is 0.00874. The number of Topliss-reactive ketones (excluding diaryl/α,β-unsaturated/α-hetero) is 2. The second-order valence-corrected chi connectivity index (χ2v) is 10.7. The molecule has 0 saturated heterocycles. The van der Waals surface area contributed by atoms with Crippen molar-refractivity contribution in [2.24, 2.45) is 5.92 Å². The van der Waals surface area contributed by atoms with Crippen LogP contribution < -0.4 is 24.3 Å². The number of carbonyl (C=O) groups is 4. The van der Waals surface area contributed by atoms with E-state index in [4.69, 9.17) is 35.3 Å². The highest BCUT2D eigenvalue weighted by Gasteiger charge is 2.63. The Bertz CT molecular complexity index is 1630. The molecule has 5 rings (SSSR count). The van der Waals surface area contributed by atoms with Crippen molar-refractivity contribution < 1.29 is 47.6 Å². The number of esters is 2. The number of hydrogen-bond acceptors (Lipinski definition) is 11. The SMILES string of the molecule is COC(=O)COc1cccc(C2C(C(=O)OC)=C(C)NC3=C2C(=O)[C@@]2(Oc4c(Cl)c(OC)cc(OC)c4C2=O)[C@H](C)C3)c1. The third-order valence-electron chi connectivity index (χ3n) is 8.03. The van der Waals surface area contributed by atoms with Crippen molar-refractivity contribution in [3.05, 3.63) is 69.0 Å². The van der Waals surface area contributed by atoms with Gasteiger partial charge >= 0.3 is 11.9 Å². The highest BCUT2D eigenvalue weighted by Crippen LogP contribution is 2.56. The molecule has 3 atom stereocenters. The molecule has 0 amide bonds. The van der Waals surface area contributed by atoms with E-state index >= 15 is 0 Å². The molecule has 11 nitrogen and oxygen atoms in total. The Balaban J connectivity index is 1.67. The zero-order valence-corrected chi connectivity index (χ0v) is 25.2. The van der Waals surface area contributed by atoms with Gasteiger partial charge in [-0.25, -0.2) is 9.59 Å². The van der Waals surface area contributed by atoms with Crippen LogP contribution in [0.2, 0.25) is 5.02 Å². The molecule has 0 aromatic heterocycles. The van der Waals surface area contributed by atoms with Crippen LogP contribution in [0.3, 0.4) is 0 Å². The van der Waals surface area contributed by atoms with Crippen LogP contribution in [0.25, 0.3) is 0 Å². The Morgan fingerprint density at radius 2 is 1.77 bits per heavy atom. The molecule has 43 heavy (non-hydrogen) atoms. The second-order valence-electron chi connectivity index (χ2n) is 10.3. The molecule has 1 unspecified atom stereocenters. The normalized spacial score (nSPS) is 22.4. The fraction of sp³-hybridized carbons (Fsp3) is 0.355. The maximum Gasteiger partial charge on any atom is 0.343 e. The van der Waals surface area contributed by atoms with E-state index in [1.165, 1.54) is 34.5 Å². The van der Waals surface area contributed by atoms with Gasteiger partial charge in [-0.15, -0.1) is 0 Å². The van der Waals surface area contributed by atoms with Gasteiger partial charge in [0.15, 0.2) is 12.4 Å². The van der Waals surface area contributed by atoms with E-state index in [9.17, 15) is 19.2 Å². The summed E-state index contributed by atoms with van der Waals surface area (Å²) >= 11 is 6.58. The largest absolute Gasteiger partial charge is 0.496 e. The summed E-state index contributed by atoms with van der Waals surface area (Å²) in [6, 6.07) is 8.11. The molecule has 1 N–H and O–H groups in total. The molecular formula is C31H30ClNO10. The fourth-order valence-corrected chi connectivity index (χ4v) is 6.24. The molecule has 12 heteroatoms. The molecule has 1 aliphatic carbocycles. The van der Waals surface area contributed by atoms with E-state index < -0.39 is 40.9 Å². The molecule has 226 valence electrons. The van der Waals surface area contributed by atoms with Crippen LogP contribution >= 0.6 is 11.6 Å². The number of allylic oxidation sites excluding steroid dienone is 2. The van der Waals surface area contributed by atoms with E-state index in [2.05, 4.69) is 10.1 Å². The third kappa shape index (κ3) is 4.58. The predicted octanol–water partition coefficient (Wildman–Crippen LogP) is 3.92. The first-order valence-corrected chi connectivity index (χ1v) is 13.7. The van der Waals surface area contributed by atoms with Crippen LogP contribution in [0.15, 0.2) is 52.9 Å². The number of methoxy groups -OCH3 is 4. The molecule has 2 heterocycles. The van der Waals surface area contributed by atoms with Crippen molar-refractivity contribution >= 4 is 35.1 Å². The summed E-state index contributed by atoms with van der Waals surface area (Å²) in [5.74, 6) is -3.42. The Labute approximate surface area is 252 Å². The van der Waals surface area contributed by atoms with Crippen LogP contribution in [-0.2, 0) is 23.9 Å². The van der Waals surface area contributed by atoms with Gasteiger partial charge in [-0.2, -0.15) is 0 Å². The van der Waals surface area contributed by atoms with Gasteiger partial charge in [-0.05, 0) is 31.0 Å². The van der Waals surface area contributed by atoms with Crippen LogP contribution in [0.5, 0.6) is 23.0 Å². The zero-order valence-electron chi connectivity index (χ0n) is 24.4. The molecule has 1 spiro atoms. The number of nitrogens with one attached hydrogen (secondary N) is 1. The molecular weight excluding hydrogens is 582 g/mol. The molecule has 0 saturated carbocycles. The number of halogens is 1. The molecule has 2 aromatic rings. The first-order valence-electron chi connectivity index (χ1n) is 13.4. The van der Waals surface area contributed by atoms with Gasteiger partial charge in [0.05, 0.1) is 34.0 Å². The van der Waals surface area contributed by atoms with Crippen molar-refractivity contribution in [2.45, 2.75) is 31.8 Å². The average molecular weight is 612 g/mol. The molecule has 3 aliphatic rings. The third-order valence-corrected chi connectivity index (χ3v) is 8.39. The Hall–Kier alpha value is -4.51. The summed E-state index contributed by atoms with van der Waals surface area (Å²) in [6.07, 6.45) is 0.235.